The van der Waals surface area contributed by atoms with Gasteiger partial charge in [0.05, 0.1) is 36.3 Å². The number of carbonyl (C=O) groups excluding carboxylic acids is 2. The number of thioether (sulfide) groups is 1. The molecule has 2 aromatic rings. The lowest BCUT2D eigenvalue weighted by atomic mass is 10.2. The Kier molecular flexibility index (Phi) is 8.46. The number of benzene rings is 1. The molecule has 0 spiro atoms. The van der Waals surface area contributed by atoms with Crippen LogP contribution in [0.2, 0.25) is 0 Å². The number of fused-ring (bicyclic) bond motifs is 1. The summed E-state index contributed by atoms with van der Waals surface area (Å²) >= 11 is 1.16. The van der Waals surface area contributed by atoms with Crippen molar-refractivity contribution in [2.24, 2.45) is 0 Å². The van der Waals surface area contributed by atoms with E-state index < -0.39 is 11.9 Å². The summed E-state index contributed by atoms with van der Waals surface area (Å²) in [6.45, 7) is 7.89. The fraction of sp³-hybridized carbons (Fsp3) is 0.474. The van der Waals surface area contributed by atoms with Crippen LogP contribution in [0.3, 0.4) is 0 Å². The second-order valence-corrected chi connectivity index (χ2v) is 7.29. The van der Waals surface area contributed by atoms with Crippen molar-refractivity contribution < 1.29 is 14.5 Å². The van der Waals surface area contributed by atoms with E-state index >= 15 is 0 Å². The molecule has 1 aromatic heterocycles. The van der Waals surface area contributed by atoms with E-state index in [-0.39, 0.29) is 11.3 Å². The zero-order valence-electron chi connectivity index (χ0n) is 16.6. The molecule has 8 nitrogen and oxygen atoms in total. The number of urea groups is 1. The molecule has 0 aliphatic carbocycles. The highest BCUT2D eigenvalue weighted by Crippen LogP contribution is 2.17. The molecule has 0 saturated carbocycles. The first-order valence-electron chi connectivity index (χ1n) is 9.47. The van der Waals surface area contributed by atoms with Crippen LogP contribution in [-0.4, -0.2) is 53.9 Å². The lowest BCUT2D eigenvalue weighted by molar-refractivity contribution is -0.896. The highest BCUT2D eigenvalue weighted by Gasteiger charge is 2.14. The van der Waals surface area contributed by atoms with E-state index in [0.29, 0.717) is 22.6 Å². The van der Waals surface area contributed by atoms with Gasteiger partial charge in [0.1, 0.15) is 0 Å². The number of nitrogens with one attached hydrogen (secondary N) is 3. The normalized spacial score (nSPS) is 11.0. The number of hydrogen-bond acceptors (Lipinski definition) is 5. The van der Waals surface area contributed by atoms with E-state index in [1.54, 1.807) is 16.7 Å². The van der Waals surface area contributed by atoms with Gasteiger partial charge in [-0.25, -0.2) is 9.78 Å². The van der Waals surface area contributed by atoms with Crippen LogP contribution in [0.15, 0.2) is 34.2 Å². The summed E-state index contributed by atoms with van der Waals surface area (Å²) in [5.74, 6) is -0.439. The Morgan fingerprint density at radius 3 is 2.61 bits per heavy atom. The molecule has 0 fully saturated rings. The first-order chi connectivity index (χ1) is 13.5. The molecular weight excluding hydrogens is 378 g/mol. The summed E-state index contributed by atoms with van der Waals surface area (Å²) in [6.07, 6.45) is 0.842. The van der Waals surface area contributed by atoms with Crippen LogP contribution in [0, 0.1) is 0 Å². The molecule has 0 unspecified atom stereocenters. The topological polar surface area (TPSA) is 97.5 Å². The number of hydrogen-bond donors (Lipinski definition) is 3. The SMILES string of the molecule is CC[NH+](CC)CCCn1c(SCC(=O)NC(=O)NC)nc2ccccc2c1=O. The second-order valence-electron chi connectivity index (χ2n) is 6.34. The Morgan fingerprint density at radius 1 is 1.21 bits per heavy atom. The van der Waals surface area contributed by atoms with Crippen molar-refractivity contribution in [2.75, 3.05) is 32.4 Å². The van der Waals surface area contributed by atoms with Gasteiger partial charge in [0, 0.05) is 20.0 Å². The summed E-state index contributed by atoms with van der Waals surface area (Å²) in [4.78, 5) is 42.2. The third-order valence-electron chi connectivity index (χ3n) is 4.55. The van der Waals surface area contributed by atoms with Crippen LogP contribution < -0.4 is 21.1 Å². The average molecular weight is 407 g/mol. The molecule has 9 heteroatoms. The second kappa shape index (κ2) is 10.8. The van der Waals surface area contributed by atoms with E-state index in [1.165, 1.54) is 11.9 Å². The first-order valence-corrected chi connectivity index (χ1v) is 10.5. The van der Waals surface area contributed by atoms with Crippen molar-refractivity contribution in [1.82, 2.24) is 20.2 Å². The fourth-order valence-electron chi connectivity index (χ4n) is 2.90. The van der Waals surface area contributed by atoms with Crippen LogP contribution >= 0.6 is 11.8 Å². The minimum atomic E-state index is -0.559. The predicted octanol–water partition coefficient (Wildman–Crippen LogP) is 0.259. The Bertz CT molecular complexity index is 879. The third-order valence-corrected chi connectivity index (χ3v) is 5.53. The number of rotatable bonds is 9. The third kappa shape index (κ3) is 5.80. The minimum absolute atomic E-state index is 0.000501. The number of imide groups is 1. The van der Waals surface area contributed by atoms with Crippen molar-refractivity contribution in [3.8, 4) is 0 Å². The zero-order chi connectivity index (χ0) is 20.5. The van der Waals surface area contributed by atoms with Crippen molar-refractivity contribution in [3.63, 3.8) is 0 Å². The van der Waals surface area contributed by atoms with Crippen molar-refractivity contribution in [3.05, 3.63) is 34.6 Å². The minimum Gasteiger partial charge on any atom is -0.341 e. The highest BCUT2D eigenvalue weighted by molar-refractivity contribution is 7.99. The molecule has 2 rings (SSSR count). The lowest BCUT2D eigenvalue weighted by Gasteiger charge is -2.17. The van der Waals surface area contributed by atoms with Crippen LogP contribution in [0.5, 0.6) is 0 Å². The van der Waals surface area contributed by atoms with E-state index in [0.717, 1.165) is 37.8 Å². The number of aromatic nitrogens is 2. The Hall–Kier alpha value is -2.39. The van der Waals surface area contributed by atoms with Crippen LogP contribution in [-0.2, 0) is 11.3 Å². The molecule has 28 heavy (non-hydrogen) atoms. The largest absolute Gasteiger partial charge is 0.341 e. The van der Waals surface area contributed by atoms with Gasteiger partial charge in [-0.1, -0.05) is 23.9 Å². The number of carbonyl (C=O) groups is 2. The number of quaternary nitrogens is 1. The van der Waals surface area contributed by atoms with Crippen molar-refractivity contribution >= 4 is 34.6 Å². The molecule has 0 aliphatic heterocycles. The average Bonchev–Trinajstić information content (AvgIpc) is 2.71. The van der Waals surface area contributed by atoms with Crippen LogP contribution in [0.4, 0.5) is 4.79 Å². The maximum Gasteiger partial charge on any atom is 0.321 e. The lowest BCUT2D eigenvalue weighted by Crippen LogP contribution is -3.11. The summed E-state index contributed by atoms with van der Waals surface area (Å²) in [5, 5.41) is 5.61. The summed E-state index contributed by atoms with van der Waals surface area (Å²) < 4.78 is 1.64. The quantitative estimate of drug-likeness (QED) is 0.410. The molecule has 1 aromatic carbocycles. The van der Waals surface area contributed by atoms with Gasteiger partial charge in [0.15, 0.2) is 5.16 Å². The van der Waals surface area contributed by atoms with Gasteiger partial charge in [0.25, 0.3) is 5.56 Å². The highest BCUT2D eigenvalue weighted by atomic mass is 32.2. The smallest absolute Gasteiger partial charge is 0.321 e. The Labute approximate surface area is 168 Å². The molecule has 1 heterocycles. The molecular formula is C19H28N5O3S+. The maximum absolute atomic E-state index is 13.0. The zero-order valence-corrected chi connectivity index (χ0v) is 17.4. The van der Waals surface area contributed by atoms with Crippen molar-refractivity contribution in [2.45, 2.75) is 32.0 Å². The van der Waals surface area contributed by atoms with Gasteiger partial charge in [0.2, 0.25) is 5.91 Å². The van der Waals surface area contributed by atoms with Gasteiger partial charge in [-0.05, 0) is 26.0 Å². The van der Waals surface area contributed by atoms with Gasteiger partial charge >= 0.3 is 6.03 Å². The molecule has 0 atom stereocenters. The van der Waals surface area contributed by atoms with E-state index in [9.17, 15) is 14.4 Å². The summed E-state index contributed by atoms with van der Waals surface area (Å²) in [6, 6.07) is 6.64. The Balaban J connectivity index is 2.22. The van der Waals surface area contributed by atoms with Crippen LogP contribution in [0.25, 0.3) is 10.9 Å². The Morgan fingerprint density at radius 2 is 1.93 bits per heavy atom. The van der Waals surface area contributed by atoms with Gasteiger partial charge in [-0.2, -0.15) is 0 Å². The van der Waals surface area contributed by atoms with Crippen molar-refractivity contribution in [1.29, 1.82) is 0 Å². The molecule has 152 valence electrons. The van der Waals surface area contributed by atoms with E-state index in [2.05, 4.69) is 29.5 Å². The predicted molar refractivity (Wildman–Crippen MR) is 111 cm³/mol. The summed E-state index contributed by atoms with van der Waals surface area (Å²) in [7, 11) is 1.44. The number of amides is 3. The standard InChI is InChI=1S/C19H27N5O3S/c1-4-23(5-2)11-8-12-24-17(26)14-9-6-7-10-15(14)21-19(24)28-13-16(25)22-18(27)20-3/h6-7,9-10H,4-5,8,11-13H2,1-3H3,(H2,20,22,25,27)/p+1. The van der Waals surface area contributed by atoms with E-state index in [4.69, 9.17) is 0 Å². The molecule has 0 bridgehead atoms. The molecule has 0 radical (unpaired) electrons. The summed E-state index contributed by atoms with van der Waals surface area (Å²) in [5.41, 5.74) is 0.502. The monoisotopic (exact) mass is 406 g/mol. The first kappa shape index (κ1) is 21.9. The molecule has 0 saturated heterocycles. The maximum atomic E-state index is 13.0. The van der Waals surface area contributed by atoms with Gasteiger partial charge < -0.3 is 10.2 Å². The molecule has 0 aliphatic rings. The van der Waals surface area contributed by atoms with Gasteiger partial charge in [-0.3, -0.25) is 19.5 Å². The fourth-order valence-corrected chi connectivity index (χ4v) is 3.73. The van der Waals surface area contributed by atoms with Gasteiger partial charge in [-0.15, -0.1) is 0 Å². The number of para-hydroxylation sites is 1. The van der Waals surface area contributed by atoms with Crippen LogP contribution in [0.1, 0.15) is 20.3 Å². The molecule has 3 N–H and O–H groups in total. The van der Waals surface area contributed by atoms with E-state index in [1.807, 2.05) is 12.1 Å². The number of nitrogens with zero attached hydrogens (tertiary/aromatic N) is 2. The molecule has 3 amide bonds.